The van der Waals surface area contributed by atoms with E-state index in [0.717, 1.165) is 23.7 Å². The number of epoxide rings is 2. The van der Waals surface area contributed by atoms with Crippen LogP contribution in [0.5, 0.6) is 0 Å². The zero-order chi connectivity index (χ0) is 16.2. The van der Waals surface area contributed by atoms with E-state index in [-0.39, 0.29) is 5.54 Å². The van der Waals surface area contributed by atoms with Gasteiger partial charge in [0.2, 0.25) is 0 Å². The molecule has 2 heterocycles. The van der Waals surface area contributed by atoms with Crippen LogP contribution in [0.4, 0.5) is 0 Å². The third-order valence-corrected chi connectivity index (χ3v) is 7.35. The van der Waals surface area contributed by atoms with Gasteiger partial charge in [-0.1, -0.05) is 27.2 Å². The zero-order valence-corrected chi connectivity index (χ0v) is 15.2. The molecule has 3 heteroatoms. The first-order valence-electron chi connectivity index (χ1n) is 10.1. The Bertz CT molecular complexity index is 405. The van der Waals surface area contributed by atoms with Crippen molar-refractivity contribution in [3.05, 3.63) is 0 Å². The highest BCUT2D eigenvalue weighted by molar-refractivity contribution is 5.01. The Morgan fingerprint density at radius 3 is 1.70 bits per heavy atom. The predicted octanol–water partition coefficient (Wildman–Crippen LogP) is 3.89. The van der Waals surface area contributed by atoms with E-state index in [1.807, 2.05) is 0 Å². The van der Waals surface area contributed by atoms with Crippen molar-refractivity contribution in [3.8, 4) is 0 Å². The van der Waals surface area contributed by atoms with Crippen LogP contribution >= 0.6 is 0 Å². The molecule has 4 fully saturated rings. The van der Waals surface area contributed by atoms with Gasteiger partial charge in [0.25, 0.3) is 0 Å². The van der Waals surface area contributed by atoms with Gasteiger partial charge in [-0.2, -0.15) is 0 Å². The second kappa shape index (κ2) is 6.00. The third-order valence-electron chi connectivity index (χ3n) is 7.35. The van der Waals surface area contributed by atoms with Crippen LogP contribution in [0.15, 0.2) is 0 Å². The van der Waals surface area contributed by atoms with Crippen LogP contribution in [-0.4, -0.2) is 30.0 Å². The Morgan fingerprint density at radius 2 is 1.26 bits per heavy atom. The summed E-state index contributed by atoms with van der Waals surface area (Å²) in [5, 5.41) is 0. The standard InChI is InChI=1S/C20H35NO2/c1-4-5-20(21,10-14-8-18-16(22-18)6-12(14)2)11-15-9-19-17(23-19)7-13(15)3/h12-19H,4-11,21H2,1-3H3. The van der Waals surface area contributed by atoms with E-state index < -0.39 is 0 Å². The summed E-state index contributed by atoms with van der Waals surface area (Å²) in [6.45, 7) is 7.12. The van der Waals surface area contributed by atoms with Crippen molar-refractivity contribution in [2.45, 2.75) is 102 Å². The van der Waals surface area contributed by atoms with Gasteiger partial charge in [0.1, 0.15) is 0 Å². The number of rotatable bonds is 6. The van der Waals surface area contributed by atoms with Gasteiger partial charge >= 0.3 is 0 Å². The van der Waals surface area contributed by atoms with E-state index >= 15 is 0 Å². The van der Waals surface area contributed by atoms with E-state index in [9.17, 15) is 0 Å². The molecule has 4 rings (SSSR count). The highest BCUT2D eigenvalue weighted by atomic mass is 16.6. The number of ether oxygens (including phenoxy) is 2. The van der Waals surface area contributed by atoms with Gasteiger partial charge in [-0.3, -0.25) is 0 Å². The minimum Gasteiger partial charge on any atom is -0.370 e. The molecule has 3 nitrogen and oxygen atoms in total. The first-order valence-corrected chi connectivity index (χ1v) is 10.1. The molecular weight excluding hydrogens is 286 g/mol. The van der Waals surface area contributed by atoms with E-state index in [1.54, 1.807) is 0 Å². The van der Waals surface area contributed by atoms with Crippen LogP contribution in [0, 0.1) is 23.7 Å². The molecule has 2 saturated carbocycles. The summed E-state index contributed by atoms with van der Waals surface area (Å²) in [6.07, 6.45) is 12.1. The number of hydrogen-bond acceptors (Lipinski definition) is 3. The lowest BCUT2D eigenvalue weighted by molar-refractivity contribution is 0.148. The Morgan fingerprint density at radius 1 is 0.826 bits per heavy atom. The average molecular weight is 322 g/mol. The molecule has 0 radical (unpaired) electrons. The third kappa shape index (κ3) is 3.48. The lowest BCUT2D eigenvalue weighted by Gasteiger charge is -2.40. The minimum atomic E-state index is 0.0239. The quantitative estimate of drug-likeness (QED) is 0.755. The van der Waals surface area contributed by atoms with E-state index in [0.29, 0.717) is 24.4 Å². The van der Waals surface area contributed by atoms with Gasteiger partial charge in [0.05, 0.1) is 24.4 Å². The molecule has 0 bridgehead atoms. The summed E-state index contributed by atoms with van der Waals surface area (Å²) in [6, 6.07) is 0. The molecule has 4 aliphatic rings. The molecule has 23 heavy (non-hydrogen) atoms. The lowest BCUT2D eigenvalue weighted by Crippen LogP contribution is -2.46. The van der Waals surface area contributed by atoms with Crippen molar-refractivity contribution < 1.29 is 9.47 Å². The Kier molecular flexibility index (Phi) is 4.26. The van der Waals surface area contributed by atoms with E-state index in [2.05, 4.69) is 20.8 Å². The summed E-state index contributed by atoms with van der Waals surface area (Å²) < 4.78 is 11.6. The monoisotopic (exact) mass is 321 g/mol. The van der Waals surface area contributed by atoms with Crippen LogP contribution in [0.2, 0.25) is 0 Å². The maximum absolute atomic E-state index is 7.03. The average Bonchev–Trinajstić information content (AvgIpc) is 3.36. The molecule has 0 aromatic heterocycles. The fourth-order valence-electron chi connectivity index (χ4n) is 5.77. The fourth-order valence-corrected chi connectivity index (χ4v) is 5.77. The maximum Gasteiger partial charge on any atom is 0.0844 e. The highest BCUT2D eigenvalue weighted by Crippen LogP contribution is 2.49. The van der Waals surface area contributed by atoms with Crippen molar-refractivity contribution in [1.82, 2.24) is 0 Å². The van der Waals surface area contributed by atoms with E-state index in [4.69, 9.17) is 15.2 Å². The summed E-state index contributed by atoms with van der Waals surface area (Å²) in [5.41, 5.74) is 7.06. The SMILES string of the molecule is CCCC(N)(CC1CC2OC2CC1C)CC1CC2OC2CC1C. The summed E-state index contributed by atoms with van der Waals surface area (Å²) in [5.74, 6) is 3.08. The van der Waals surface area contributed by atoms with Gasteiger partial charge in [-0.15, -0.1) is 0 Å². The second-order valence-electron chi connectivity index (χ2n) is 9.36. The van der Waals surface area contributed by atoms with Crippen LogP contribution in [0.25, 0.3) is 0 Å². The zero-order valence-electron chi connectivity index (χ0n) is 15.2. The highest BCUT2D eigenvalue weighted by Gasteiger charge is 2.50. The topological polar surface area (TPSA) is 51.1 Å². The molecule has 0 spiro atoms. The van der Waals surface area contributed by atoms with Crippen LogP contribution < -0.4 is 5.73 Å². The smallest absolute Gasteiger partial charge is 0.0844 e. The molecule has 8 unspecified atom stereocenters. The minimum absolute atomic E-state index is 0.0239. The Hall–Kier alpha value is -0.120. The summed E-state index contributed by atoms with van der Waals surface area (Å²) in [4.78, 5) is 0. The molecule has 0 aromatic carbocycles. The molecule has 2 N–H and O–H groups in total. The van der Waals surface area contributed by atoms with Crippen molar-refractivity contribution >= 4 is 0 Å². The molecular formula is C20H35NO2. The number of nitrogens with two attached hydrogens (primary N) is 1. The normalized spacial score (nSPS) is 50.6. The Balaban J connectivity index is 1.40. The Labute approximate surface area is 141 Å². The number of fused-ring (bicyclic) bond motifs is 2. The second-order valence-corrected chi connectivity index (χ2v) is 9.36. The predicted molar refractivity (Wildman–Crippen MR) is 92.2 cm³/mol. The van der Waals surface area contributed by atoms with Gasteiger partial charge < -0.3 is 15.2 Å². The largest absolute Gasteiger partial charge is 0.370 e. The molecule has 0 amide bonds. The molecule has 2 aliphatic heterocycles. The molecule has 2 aliphatic carbocycles. The lowest BCUT2D eigenvalue weighted by atomic mass is 9.67. The first-order chi connectivity index (χ1) is 11.0. The van der Waals surface area contributed by atoms with Crippen LogP contribution in [-0.2, 0) is 9.47 Å². The van der Waals surface area contributed by atoms with Gasteiger partial charge in [-0.05, 0) is 68.6 Å². The van der Waals surface area contributed by atoms with Gasteiger partial charge in [-0.25, -0.2) is 0 Å². The van der Waals surface area contributed by atoms with Crippen molar-refractivity contribution in [2.75, 3.05) is 0 Å². The van der Waals surface area contributed by atoms with Gasteiger partial charge in [0, 0.05) is 5.54 Å². The first kappa shape index (κ1) is 16.4. The van der Waals surface area contributed by atoms with E-state index in [1.165, 1.54) is 51.4 Å². The fraction of sp³-hybridized carbons (Fsp3) is 1.00. The molecule has 2 saturated heterocycles. The molecule has 132 valence electrons. The van der Waals surface area contributed by atoms with Crippen LogP contribution in [0.3, 0.4) is 0 Å². The summed E-state index contributed by atoms with van der Waals surface area (Å²) >= 11 is 0. The molecule has 8 atom stereocenters. The summed E-state index contributed by atoms with van der Waals surface area (Å²) in [7, 11) is 0. The van der Waals surface area contributed by atoms with Crippen LogP contribution in [0.1, 0.15) is 72.1 Å². The van der Waals surface area contributed by atoms with Gasteiger partial charge in [0.15, 0.2) is 0 Å². The maximum atomic E-state index is 7.03. The van der Waals surface area contributed by atoms with Crippen molar-refractivity contribution in [1.29, 1.82) is 0 Å². The van der Waals surface area contributed by atoms with Crippen molar-refractivity contribution in [3.63, 3.8) is 0 Å². The molecule has 0 aromatic rings. The van der Waals surface area contributed by atoms with Crippen molar-refractivity contribution in [2.24, 2.45) is 29.4 Å². The number of hydrogen-bond donors (Lipinski definition) is 1.